The molecule has 4 heterocycles. The number of anilines is 1. The van der Waals surface area contributed by atoms with Gasteiger partial charge in [0.05, 0.1) is 18.7 Å². The van der Waals surface area contributed by atoms with Gasteiger partial charge in [0.1, 0.15) is 17.1 Å². The largest absolute Gasteiger partial charge is 0.425 e. The minimum absolute atomic E-state index is 0.0239. The van der Waals surface area contributed by atoms with E-state index in [1.54, 1.807) is 23.9 Å². The molecular formula is C29H43N9O6S3. The summed E-state index contributed by atoms with van der Waals surface area (Å²) in [6.07, 6.45) is 2.74. The average Bonchev–Trinajstić information content (AvgIpc) is 3.66. The molecule has 0 aromatic carbocycles. The lowest BCUT2D eigenvalue weighted by Gasteiger charge is -2.49. The zero-order valence-corrected chi connectivity index (χ0v) is 29.8. The van der Waals surface area contributed by atoms with Gasteiger partial charge in [-0.3, -0.25) is 19.3 Å². The molecule has 1 fully saturated rings. The minimum atomic E-state index is -1.13. The van der Waals surface area contributed by atoms with E-state index in [0.29, 0.717) is 46.0 Å². The molecule has 3 N–H and O–H groups in total. The van der Waals surface area contributed by atoms with Crippen LogP contribution in [-0.4, -0.2) is 109 Å². The second-order valence-electron chi connectivity index (χ2n) is 11.9. The first-order valence-corrected chi connectivity index (χ1v) is 18.5. The monoisotopic (exact) mass is 709 g/mol. The van der Waals surface area contributed by atoms with Crippen LogP contribution in [0.15, 0.2) is 21.8 Å². The van der Waals surface area contributed by atoms with Crippen LogP contribution in [0.4, 0.5) is 5.13 Å². The van der Waals surface area contributed by atoms with E-state index in [1.807, 2.05) is 19.0 Å². The fourth-order valence-corrected chi connectivity index (χ4v) is 7.76. The average molecular weight is 710 g/mol. The Morgan fingerprint density at radius 2 is 2.00 bits per heavy atom. The summed E-state index contributed by atoms with van der Waals surface area (Å²) in [4.78, 5) is 60.3. The number of hydrogen-bond donors (Lipinski definition) is 2. The van der Waals surface area contributed by atoms with Crippen LogP contribution >= 0.6 is 34.9 Å². The number of tetrazole rings is 1. The topological polar surface area (TPSA) is 188 Å². The number of esters is 2. The van der Waals surface area contributed by atoms with Gasteiger partial charge in [-0.05, 0) is 36.5 Å². The van der Waals surface area contributed by atoms with E-state index in [2.05, 4.69) is 32.7 Å². The van der Waals surface area contributed by atoms with Gasteiger partial charge in [0.15, 0.2) is 5.13 Å². The Balaban J connectivity index is 1.51. The molecule has 2 aliphatic rings. The number of unbranched alkanes of at least 4 members (excludes halogenated alkanes) is 3. The number of nitrogen functional groups attached to an aromatic ring is 1. The molecule has 2 aromatic heterocycles. The van der Waals surface area contributed by atoms with Crippen molar-refractivity contribution in [2.45, 2.75) is 88.7 Å². The fourth-order valence-electron chi connectivity index (χ4n) is 4.80. The Labute approximate surface area is 286 Å². The fraction of sp³-hybridized carbons (Fsp3) is 0.655. The number of nitrogens with two attached hydrogens (primary N) is 1. The molecule has 2 aromatic rings. The summed E-state index contributed by atoms with van der Waals surface area (Å²) in [6.45, 7) is 6.98. The summed E-state index contributed by atoms with van der Waals surface area (Å²) in [7, 11) is 3.91. The van der Waals surface area contributed by atoms with Gasteiger partial charge in [0.25, 0.3) is 5.91 Å². The van der Waals surface area contributed by atoms with Gasteiger partial charge in [-0.15, -0.1) is 28.2 Å². The highest BCUT2D eigenvalue weighted by Crippen LogP contribution is 2.42. The van der Waals surface area contributed by atoms with Crippen molar-refractivity contribution in [3.8, 4) is 0 Å². The van der Waals surface area contributed by atoms with E-state index < -0.39 is 35.6 Å². The van der Waals surface area contributed by atoms with Crippen molar-refractivity contribution < 1.29 is 28.7 Å². The summed E-state index contributed by atoms with van der Waals surface area (Å²) in [6, 6.07) is -0.833. The second kappa shape index (κ2) is 17.3. The number of amides is 2. The zero-order chi connectivity index (χ0) is 34.1. The van der Waals surface area contributed by atoms with Crippen molar-refractivity contribution in [3.63, 3.8) is 0 Å². The van der Waals surface area contributed by atoms with Crippen molar-refractivity contribution in [3.05, 3.63) is 22.3 Å². The number of nitrogens with one attached hydrogen (secondary N) is 1. The first kappa shape index (κ1) is 36.6. The van der Waals surface area contributed by atoms with E-state index in [-0.39, 0.29) is 30.4 Å². The highest BCUT2D eigenvalue weighted by Gasteiger charge is 2.54. The number of thiazole rings is 1. The van der Waals surface area contributed by atoms with Gasteiger partial charge < -0.3 is 25.4 Å². The molecule has 0 spiro atoms. The van der Waals surface area contributed by atoms with Crippen LogP contribution in [0.3, 0.4) is 0 Å². The maximum Gasteiger partial charge on any atom is 0.358 e. The summed E-state index contributed by atoms with van der Waals surface area (Å²) >= 11 is 4.02. The van der Waals surface area contributed by atoms with Crippen molar-refractivity contribution in [1.29, 1.82) is 0 Å². The normalized spacial score (nSPS) is 18.3. The first-order chi connectivity index (χ1) is 22.5. The Kier molecular flexibility index (Phi) is 13.4. The van der Waals surface area contributed by atoms with Crippen LogP contribution in [0.5, 0.6) is 0 Å². The van der Waals surface area contributed by atoms with Gasteiger partial charge in [-0.1, -0.05) is 51.8 Å². The predicted molar refractivity (Wildman–Crippen MR) is 179 cm³/mol. The molecule has 2 amide bonds. The number of nitrogens with zero attached hydrogens (tertiary/aromatic N) is 7. The smallest absolute Gasteiger partial charge is 0.358 e. The van der Waals surface area contributed by atoms with Gasteiger partial charge in [0.2, 0.25) is 17.4 Å². The molecule has 0 aliphatic carbocycles. The maximum atomic E-state index is 13.9. The third-order valence-corrected chi connectivity index (χ3v) is 10.5. The Morgan fingerprint density at radius 1 is 1.21 bits per heavy atom. The predicted octanol–water partition coefficient (Wildman–Crippen LogP) is 2.30. The van der Waals surface area contributed by atoms with Crippen LogP contribution < -0.4 is 11.1 Å². The Bertz CT molecular complexity index is 1450. The van der Waals surface area contributed by atoms with E-state index in [1.165, 1.54) is 39.8 Å². The number of likely N-dealkylation sites (N-methyl/N-ethyl adjacent to an activating group) is 1. The molecule has 2 aliphatic heterocycles. The van der Waals surface area contributed by atoms with E-state index in [0.717, 1.165) is 25.8 Å². The van der Waals surface area contributed by atoms with E-state index in [9.17, 15) is 19.2 Å². The number of thioether (sulfide) groups is 2. The third-order valence-electron chi connectivity index (χ3n) is 7.35. The number of β-lactam (4-membered cyclic amide) rings is 1. The molecule has 47 heavy (non-hydrogen) atoms. The Hall–Kier alpha value is -3.22. The molecule has 0 bridgehead atoms. The molecule has 258 valence electrons. The quantitative estimate of drug-likeness (QED) is 0.0755. The van der Waals surface area contributed by atoms with Gasteiger partial charge in [0, 0.05) is 35.8 Å². The molecule has 15 nitrogen and oxygen atoms in total. The molecular weight excluding hydrogens is 667 g/mol. The van der Waals surface area contributed by atoms with Gasteiger partial charge >= 0.3 is 11.9 Å². The third kappa shape index (κ3) is 9.90. The summed E-state index contributed by atoms with van der Waals surface area (Å²) < 4.78 is 13.1. The lowest BCUT2D eigenvalue weighted by molar-refractivity contribution is -0.195. The van der Waals surface area contributed by atoms with Crippen LogP contribution in [0.1, 0.15) is 58.6 Å². The number of rotatable bonds is 18. The number of carbonyl (C=O) groups excluding carboxylic acids is 4. The highest BCUT2D eigenvalue weighted by atomic mass is 32.2. The van der Waals surface area contributed by atoms with Gasteiger partial charge in [-0.25, -0.2) is 14.5 Å². The number of hydrogen-bond acceptors (Lipinski definition) is 15. The summed E-state index contributed by atoms with van der Waals surface area (Å²) in [5.41, 5.74) is 6.93. The van der Waals surface area contributed by atoms with Crippen molar-refractivity contribution in [2.24, 2.45) is 5.92 Å². The zero-order valence-electron chi connectivity index (χ0n) is 27.3. The van der Waals surface area contributed by atoms with E-state index >= 15 is 0 Å². The standard InChI is InChI=1S/C29H43N9O6S3/c1-6-7-8-9-10-21(40)43-27(17(2)3)44-26(42)23-18(15-47-29-33-34-35-37(29)12-11-36(4)5)14-45-25-22(24(41)38(23)25)32-20(39)13-19-16-46-28(30)31-19/h16-17,22,25,27H,6-15H2,1-5H3,(H2,30,31)(H,32,39)/t22-,25-,27?/m1/s1. The number of fused-ring (bicyclic) bond motifs is 1. The molecule has 4 rings (SSSR count). The van der Waals surface area contributed by atoms with Crippen LogP contribution in [0, 0.1) is 5.92 Å². The molecule has 0 saturated carbocycles. The highest BCUT2D eigenvalue weighted by molar-refractivity contribution is 8.01. The molecule has 1 unspecified atom stereocenters. The summed E-state index contributed by atoms with van der Waals surface area (Å²) in [5.74, 6) is -1.65. The molecule has 1 saturated heterocycles. The Morgan fingerprint density at radius 3 is 2.68 bits per heavy atom. The second-order valence-corrected chi connectivity index (χ2v) is 14.8. The minimum Gasteiger partial charge on any atom is -0.425 e. The van der Waals surface area contributed by atoms with Crippen LogP contribution in [0.25, 0.3) is 0 Å². The lowest BCUT2D eigenvalue weighted by Crippen LogP contribution is -2.70. The van der Waals surface area contributed by atoms with Crippen molar-refractivity contribution >= 4 is 63.7 Å². The maximum absolute atomic E-state index is 13.9. The van der Waals surface area contributed by atoms with Crippen molar-refractivity contribution in [2.75, 3.05) is 37.9 Å². The van der Waals surface area contributed by atoms with Crippen LogP contribution in [-0.2, 0) is 41.6 Å². The van der Waals surface area contributed by atoms with Gasteiger partial charge in [-0.2, -0.15) is 0 Å². The molecule has 0 radical (unpaired) electrons. The number of ether oxygens (including phenoxy) is 2. The van der Waals surface area contributed by atoms with E-state index in [4.69, 9.17) is 15.2 Å². The van der Waals surface area contributed by atoms with Crippen molar-refractivity contribution in [1.82, 2.24) is 40.3 Å². The number of carbonyl (C=O) groups is 4. The molecule has 18 heteroatoms. The lowest BCUT2D eigenvalue weighted by atomic mass is 10.0. The first-order valence-electron chi connectivity index (χ1n) is 15.6. The summed E-state index contributed by atoms with van der Waals surface area (Å²) in [5, 5.41) is 16.9. The number of aromatic nitrogens is 5. The SMILES string of the molecule is CCCCCCC(=O)OC(OC(=O)C1=C(CSc2nnnn2CCN(C)C)CS[C@@H]2[C@H](NC(=O)Cc3csc(N)n3)C(=O)N12)C(C)C. The molecule has 3 atom stereocenters. The van der Waals surface area contributed by atoms with Crippen LogP contribution in [0.2, 0.25) is 0 Å².